The lowest BCUT2D eigenvalue weighted by molar-refractivity contribution is 0.606. The van der Waals surface area contributed by atoms with Crippen molar-refractivity contribution in [3.8, 4) is 0 Å². The van der Waals surface area contributed by atoms with Gasteiger partial charge in [0.1, 0.15) is 0 Å². The third-order valence-electron chi connectivity index (χ3n) is 2.14. The number of allylic oxidation sites excluding steroid dienone is 1. The Kier molecular flexibility index (Phi) is 3.32. The van der Waals surface area contributed by atoms with E-state index in [-0.39, 0.29) is 0 Å². The topological polar surface area (TPSA) is 60.6 Å². The van der Waals surface area contributed by atoms with Crippen LogP contribution in [0.1, 0.15) is 0 Å². The standard InChI is InChI=1S/C10H14N6/c1-2-6-15-7-3-11-10(15)12-4-8-16-9-5-13-14-16/h2-3,5,7,9H,1,4,6,8H2,(H,11,12). The molecule has 0 aliphatic carbocycles. The zero-order chi connectivity index (χ0) is 11.2. The van der Waals surface area contributed by atoms with Crippen molar-refractivity contribution < 1.29 is 0 Å². The minimum atomic E-state index is 0.756. The van der Waals surface area contributed by atoms with E-state index in [4.69, 9.17) is 0 Å². The lowest BCUT2D eigenvalue weighted by Gasteiger charge is -2.07. The van der Waals surface area contributed by atoms with E-state index < -0.39 is 0 Å². The molecule has 0 aromatic carbocycles. The molecule has 2 aromatic rings. The second-order valence-electron chi connectivity index (χ2n) is 3.28. The van der Waals surface area contributed by atoms with Crippen LogP contribution < -0.4 is 5.32 Å². The van der Waals surface area contributed by atoms with Gasteiger partial charge in [0.05, 0.1) is 12.7 Å². The number of rotatable bonds is 6. The summed E-state index contributed by atoms with van der Waals surface area (Å²) in [5.74, 6) is 0.847. The predicted octanol–water partition coefficient (Wildman–Crippen LogP) is 0.773. The molecule has 0 saturated heterocycles. The molecule has 0 bridgehead atoms. The lowest BCUT2D eigenvalue weighted by atomic mass is 10.6. The van der Waals surface area contributed by atoms with Crippen molar-refractivity contribution in [3.05, 3.63) is 37.4 Å². The number of nitrogens with one attached hydrogen (secondary N) is 1. The molecular formula is C10H14N6. The summed E-state index contributed by atoms with van der Waals surface area (Å²) < 4.78 is 3.77. The van der Waals surface area contributed by atoms with E-state index in [9.17, 15) is 0 Å². The largest absolute Gasteiger partial charge is 0.354 e. The van der Waals surface area contributed by atoms with Crippen LogP contribution in [-0.4, -0.2) is 31.1 Å². The second kappa shape index (κ2) is 5.11. The van der Waals surface area contributed by atoms with Crippen LogP contribution in [0.3, 0.4) is 0 Å². The van der Waals surface area contributed by atoms with E-state index in [1.54, 1.807) is 17.1 Å². The predicted molar refractivity (Wildman–Crippen MR) is 60.9 cm³/mol. The van der Waals surface area contributed by atoms with Gasteiger partial charge in [-0.2, -0.15) is 0 Å². The van der Waals surface area contributed by atoms with Gasteiger partial charge >= 0.3 is 0 Å². The zero-order valence-electron chi connectivity index (χ0n) is 8.95. The van der Waals surface area contributed by atoms with E-state index in [0.717, 1.165) is 25.6 Å². The highest BCUT2D eigenvalue weighted by atomic mass is 15.4. The molecule has 2 heterocycles. The number of hydrogen-bond acceptors (Lipinski definition) is 4. The van der Waals surface area contributed by atoms with Gasteiger partial charge in [-0.1, -0.05) is 11.3 Å². The second-order valence-corrected chi connectivity index (χ2v) is 3.28. The summed E-state index contributed by atoms with van der Waals surface area (Å²) in [6.07, 6.45) is 9.02. The average Bonchev–Trinajstić information content (AvgIpc) is 2.91. The van der Waals surface area contributed by atoms with Crippen molar-refractivity contribution in [2.45, 2.75) is 13.1 Å². The van der Waals surface area contributed by atoms with Gasteiger partial charge in [-0.25, -0.2) is 4.98 Å². The van der Waals surface area contributed by atoms with E-state index in [0.29, 0.717) is 0 Å². The van der Waals surface area contributed by atoms with Crippen LogP contribution >= 0.6 is 0 Å². The summed E-state index contributed by atoms with van der Waals surface area (Å²) in [4.78, 5) is 4.21. The fourth-order valence-corrected chi connectivity index (χ4v) is 1.40. The van der Waals surface area contributed by atoms with Crippen LogP contribution in [0.25, 0.3) is 0 Å². The highest BCUT2D eigenvalue weighted by Crippen LogP contribution is 2.03. The maximum Gasteiger partial charge on any atom is 0.203 e. The van der Waals surface area contributed by atoms with Crippen LogP contribution in [0.5, 0.6) is 0 Å². The molecule has 0 amide bonds. The van der Waals surface area contributed by atoms with Crippen molar-refractivity contribution in [2.24, 2.45) is 0 Å². The third-order valence-corrected chi connectivity index (χ3v) is 2.14. The Balaban J connectivity index is 1.84. The van der Waals surface area contributed by atoms with E-state index in [2.05, 4.69) is 27.2 Å². The van der Waals surface area contributed by atoms with E-state index >= 15 is 0 Å². The van der Waals surface area contributed by atoms with Gasteiger partial charge in [0, 0.05) is 31.7 Å². The average molecular weight is 218 g/mol. The summed E-state index contributed by atoms with van der Waals surface area (Å²) in [5, 5.41) is 10.8. The Hall–Kier alpha value is -2.11. The van der Waals surface area contributed by atoms with Gasteiger partial charge in [0.2, 0.25) is 5.95 Å². The maximum atomic E-state index is 4.21. The molecule has 0 saturated carbocycles. The van der Waals surface area contributed by atoms with Gasteiger partial charge in [-0.05, 0) is 0 Å². The van der Waals surface area contributed by atoms with Crippen LogP contribution in [0.4, 0.5) is 5.95 Å². The molecule has 0 atom stereocenters. The summed E-state index contributed by atoms with van der Waals surface area (Å²) >= 11 is 0. The van der Waals surface area contributed by atoms with Crippen molar-refractivity contribution in [1.29, 1.82) is 0 Å². The third kappa shape index (κ3) is 2.47. The molecule has 84 valence electrons. The Morgan fingerprint density at radius 3 is 3.06 bits per heavy atom. The normalized spacial score (nSPS) is 10.2. The summed E-state index contributed by atoms with van der Waals surface area (Å²) in [5.41, 5.74) is 0. The number of anilines is 1. The first-order valence-electron chi connectivity index (χ1n) is 5.10. The van der Waals surface area contributed by atoms with Crippen molar-refractivity contribution in [3.63, 3.8) is 0 Å². The minimum absolute atomic E-state index is 0.756. The maximum absolute atomic E-state index is 4.21. The summed E-state index contributed by atoms with van der Waals surface area (Å²) in [6.45, 7) is 5.98. The molecule has 0 radical (unpaired) electrons. The molecule has 0 aliphatic rings. The van der Waals surface area contributed by atoms with Gasteiger partial charge in [0.15, 0.2) is 0 Å². The van der Waals surface area contributed by atoms with Crippen molar-refractivity contribution in [2.75, 3.05) is 11.9 Å². The quantitative estimate of drug-likeness (QED) is 0.728. The van der Waals surface area contributed by atoms with E-state index in [1.807, 2.05) is 23.0 Å². The minimum Gasteiger partial charge on any atom is -0.354 e. The highest BCUT2D eigenvalue weighted by molar-refractivity contribution is 5.25. The molecule has 16 heavy (non-hydrogen) atoms. The van der Waals surface area contributed by atoms with Crippen LogP contribution in [0, 0.1) is 0 Å². The fourth-order valence-electron chi connectivity index (χ4n) is 1.40. The number of imidazole rings is 1. The SMILES string of the molecule is C=CCn1ccnc1NCCn1ccnn1. The molecule has 6 nitrogen and oxygen atoms in total. The number of hydrogen-bond donors (Lipinski definition) is 1. The Morgan fingerprint density at radius 2 is 2.31 bits per heavy atom. The first kappa shape index (κ1) is 10.4. The van der Waals surface area contributed by atoms with Gasteiger partial charge in [0.25, 0.3) is 0 Å². The van der Waals surface area contributed by atoms with E-state index in [1.165, 1.54) is 0 Å². The van der Waals surface area contributed by atoms with Gasteiger partial charge in [-0.15, -0.1) is 11.7 Å². The molecule has 0 spiro atoms. The van der Waals surface area contributed by atoms with Gasteiger partial charge in [-0.3, -0.25) is 4.68 Å². The molecule has 0 aliphatic heterocycles. The van der Waals surface area contributed by atoms with Crippen LogP contribution in [0.2, 0.25) is 0 Å². The lowest BCUT2D eigenvalue weighted by Crippen LogP contribution is -2.14. The Morgan fingerprint density at radius 1 is 1.38 bits per heavy atom. The van der Waals surface area contributed by atoms with Gasteiger partial charge < -0.3 is 9.88 Å². The smallest absolute Gasteiger partial charge is 0.203 e. The molecule has 0 unspecified atom stereocenters. The number of aromatic nitrogens is 5. The van der Waals surface area contributed by atoms with Crippen LogP contribution in [0.15, 0.2) is 37.4 Å². The molecular weight excluding hydrogens is 204 g/mol. The first-order chi connectivity index (χ1) is 7.90. The Labute approximate surface area is 93.6 Å². The fraction of sp³-hybridized carbons (Fsp3) is 0.300. The van der Waals surface area contributed by atoms with Crippen molar-refractivity contribution >= 4 is 5.95 Å². The first-order valence-corrected chi connectivity index (χ1v) is 5.10. The number of nitrogens with zero attached hydrogens (tertiary/aromatic N) is 5. The molecule has 2 rings (SSSR count). The molecule has 1 N–H and O–H groups in total. The summed E-state index contributed by atoms with van der Waals surface area (Å²) in [6, 6.07) is 0. The van der Waals surface area contributed by atoms with Crippen molar-refractivity contribution in [1.82, 2.24) is 24.5 Å². The molecule has 6 heteroatoms. The monoisotopic (exact) mass is 218 g/mol. The molecule has 2 aromatic heterocycles. The zero-order valence-corrected chi connectivity index (χ0v) is 8.95. The summed E-state index contributed by atoms with van der Waals surface area (Å²) in [7, 11) is 0. The van der Waals surface area contributed by atoms with Crippen LogP contribution in [-0.2, 0) is 13.1 Å². The Bertz CT molecular complexity index is 430. The highest BCUT2D eigenvalue weighted by Gasteiger charge is 1.99. The molecule has 0 fully saturated rings.